The summed E-state index contributed by atoms with van der Waals surface area (Å²) in [4.78, 5) is 2.73. The van der Waals surface area contributed by atoms with Crippen molar-refractivity contribution in [2.45, 2.75) is 95.7 Å². The summed E-state index contributed by atoms with van der Waals surface area (Å²) >= 11 is 0. The van der Waals surface area contributed by atoms with E-state index in [1.54, 1.807) is 0 Å². The van der Waals surface area contributed by atoms with Crippen LogP contribution < -0.4 is 5.32 Å². The predicted molar refractivity (Wildman–Crippen MR) is 89.6 cm³/mol. The monoisotopic (exact) mass is 296 g/mol. The van der Waals surface area contributed by atoms with Crippen LogP contribution in [0, 0.1) is 0 Å². The van der Waals surface area contributed by atoms with Gasteiger partial charge in [0.05, 0.1) is 6.61 Å². The summed E-state index contributed by atoms with van der Waals surface area (Å²) in [6.07, 6.45) is 12.7. The van der Waals surface area contributed by atoms with E-state index in [4.69, 9.17) is 0 Å². The third-order valence-corrected chi connectivity index (χ3v) is 5.32. The highest BCUT2D eigenvalue weighted by Gasteiger charge is 2.40. The lowest BCUT2D eigenvalue weighted by Crippen LogP contribution is -2.56. The molecule has 2 unspecified atom stereocenters. The molecule has 2 atom stereocenters. The van der Waals surface area contributed by atoms with Crippen molar-refractivity contribution in [1.82, 2.24) is 10.2 Å². The maximum absolute atomic E-state index is 9.99. The third-order valence-electron chi connectivity index (χ3n) is 5.32. The molecule has 2 saturated carbocycles. The minimum Gasteiger partial charge on any atom is -0.394 e. The fourth-order valence-corrected chi connectivity index (χ4v) is 3.82. The van der Waals surface area contributed by atoms with Crippen LogP contribution in [-0.4, -0.2) is 47.3 Å². The smallest absolute Gasteiger partial charge is 0.0613 e. The average Bonchev–Trinajstić information content (AvgIpc) is 3.31. The van der Waals surface area contributed by atoms with E-state index in [1.807, 2.05) is 0 Å². The van der Waals surface area contributed by atoms with Gasteiger partial charge in [-0.25, -0.2) is 0 Å². The van der Waals surface area contributed by atoms with Crippen molar-refractivity contribution < 1.29 is 5.11 Å². The first-order valence-corrected chi connectivity index (χ1v) is 9.35. The zero-order chi connectivity index (χ0) is 15.1. The molecule has 0 aromatic rings. The Morgan fingerprint density at radius 2 is 1.76 bits per heavy atom. The van der Waals surface area contributed by atoms with Crippen LogP contribution >= 0.6 is 0 Å². The number of rotatable bonds is 10. The molecular formula is C18H36N2O. The molecule has 2 N–H and O–H groups in total. The Bertz CT molecular complexity index is 285. The molecule has 0 aromatic carbocycles. The van der Waals surface area contributed by atoms with Gasteiger partial charge in [-0.2, -0.15) is 0 Å². The van der Waals surface area contributed by atoms with Crippen molar-refractivity contribution in [2.75, 3.05) is 19.7 Å². The Hall–Kier alpha value is -0.120. The van der Waals surface area contributed by atoms with E-state index >= 15 is 0 Å². The van der Waals surface area contributed by atoms with Crippen molar-refractivity contribution in [3.05, 3.63) is 0 Å². The highest BCUT2D eigenvalue weighted by atomic mass is 16.3. The molecule has 2 rings (SSSR count). The molecule has 2 aliphatic carbocycles. The van der Waals surface area contributed by atoms with Gasteiger partial charge in [0.25, 0.3) is 0 Å². The molecular weight excluding hydrogens is 260 g/mol. The quantitative estimate of drug-likeness (QED) is 0.649. The number of hydrogen-bond acceptors (Lipinski definition) is 3. The zero-order valence-electron chi connectivity index (χ0n) is 14.2. The molecule has 0 spiro atoms. The van der Waals surface area contributed by atoms with Crippen molar-refractivity contribution in [2.24, 2.45) is 0 Å². The summed E-state index contributed by atoms with van der Waals surface area (Å²) in [6.45, 7) is 7.37. The van der Waals surface area contributed by atoms with E-state index < -0.39 is 0 Å². The van der Waals surface area contributed by atoms with Crippen LogP contribution in [-0.2, 0) is 0 Å². The molecule has 3 heteroatoms. The van der Waals surface area contributed by atoms with Crippen LogP contribution in [0.5, 0.6) is 0 Å². The van der Waals surface area contributed by atoms with Gasteiger partial charge in [-0.3, -0.25) is 0 Å². The van der Waals surface area contributed by atoms with Crippen LogP contribution in [0.1, 0.15) is 78.1 Å². The maximum atomic E-state index is 9.99. The van der Waals surface area contributed by atoms with E-state index in [0.717, 1.165) is 12.8 Å². The lowest BCUT2D eigenvalue weighted by atomic mass is 9.78. The fraction of sp³-hybridized carbons (Fsp3) is 1.00. The molecule has 124 valence electrons. The van der Waals surface area contributed by atoms with Crippen molar-refractivity contribution in [1.29, 1.82) is 0 Å². The van der Waals surface area contributed by atoms with Gasteiger partial charge < -0.3 is 15.3 Å². The standard InChI is InChI=1S/C18H36N2O/c1-3-5-12-20(13-6-4-2)17-8-7-11-18(14-17,15-21)19-16-9-10-16/h16-17,19,21H,3-15H2,1-2H3. The summed E-state index contributed by atoms with van der Waals surface area (Å²) in [5.74, 6) is 0. The van der Waals surface area contributed by atoms with Crippen LogP contribution in [0.4, 0.5) is 0 Å². The highest BCUT2D eigenvalue weighted by Crippen LogP contribution is 2.34. The number of hydrogen-bond donors (Lipinski definition) is 2. The topological polar surface area (TPSA) is 35.5 Å². The van der Waals surface area contributed by atoms with E-state index in [2.05, 4.69) is 24.1 Å². The van der Waals surface area contributed by atoms with Gasteiger partial charge in [-0.1, -0.05) is 26.7 Å². The minimum atomic E-state index is 0.0146. The van der Waals surface area contributed by atoms with E-state index in [0.29, 0.717) is 18.7 Å². The van der Waals surface area contributed by atoms with Gasteiger partial charge in [0.2, 0.25) is 0 Å². The summed E-state index contributed by atoms with van der Waals surface area (Å²) < 4.78 is 0. The molecule has 2 fully saturated rings. The molecule has 0 aliphatic heterocycles. The fourth-order valence-electron chi connectivity index (χ4n) is 3.82. The Labute approximate surface area is 131 Å². The number of nitrogens with one attached hydrogen (secondary N) is 1. The first kappa shape index (κ1) is 17.2. The van der Waals surface area contributed by atoms with Crippen molar-refractivity contribution >= 4 is 0 Å². The Morgan fingerprint density at radius 3 is 2.29 bits per heavy atom. The normalized spacial score (nSPS) is 30.0. The van der Waals surface area contributed by atoms with E-state index in [1.165, 1.54) is 64.5 Å². The van der Waals surface area contributed by atoms with Crippen LogP contribution in [0.15, 0.2) is 0 Å². The lowest BCUT2D eigenvalue weighted by Gasteiger charge is -2.45. The molecule has 0 radical (unpaired) electrons. The molecule has 0 bridgehead atoms. The predicted octanol–water partition coefficient (Wildman–Crippen LogP) is 3.31. The minimum absolute atomic E-state index is 0.0146. The molecule has 21 heavy (non-hydrogen) atoms. The van der Waals surface area contributed by atoms with Crippen molar-refractivity contribution in [3.8, 4) is 0 Å². The maximum Gasteiger partial charge on any atom is 0.0613 e. The largest absolute Gasteiger partial charge is 0.394 e. The Balaban J connectivity index is 1.94. The van der Waals surface area contributed by atoms with Crippen LogP contribution in [0.3, 0.4) is 0 Å². The first-order valence-electron chi connectivity index (χ1n) is 9.35. The molecule has 0 saturated heterocycles. The van der Waals surface area contributed by atoms with Gasteiger partial charge in [-0.05, 0) is 64.5 Å². The third kappa shape index (κ3) is 5.22. The summed E-state index contributed by atoms with van der Waals surface area (Å²) in [7, 11) is 0. The number of nitrogens with zero attached hydrogens (tertiary/aromatic N) is 1. The number of unbranched alkanes of at least 4 members (excludes halogenated alkanes) is 2. The van der Waals surface area contributed by atoms with Gasteiger partial charge in [0, 0.05) is 17.6 Å². The second-order valence-electron chi connectivity index (χ2n) is 7.35. The molecule has 2 aliphatic rings. The van der Waals surface area contributed by atoms with E-state index in [-0.39, 0.29) is 5.54 Å². The Morgan fingerprint density at radius 1 is 1.10 bits per heavy atom. The Kier molecular flexibility index (Phi) is 6.97. The SMILES string of the molecule is CCCCN(CCCC)C1CCCC(CO)(NC2CC2)C1. The molecule has 0 aromatic heterocycles. The summed E-state index contributed by atoms with van der Waals surface area (Å²) in [5, 5.41) is 13.8. The van der Waals surface area contributed by atoms with Crippen LogP contribution in [0.2, 0.25) is 0 Å². The van der Waals surface area contributed by atoms with Crippen molar-refractivity contribution in [3.63, 3.8) is 0 Å². The first-order chi connectivity index (χ1) is 10.2. The van der Waals surface area contributed by atoms with E-state index in [9.17, 15) is 5.11 Å². The molecule has 0 heterocycles. The zero-order valence-corrected chi connectivity index (χ0v) is 14.2. The highest BCUT2D eigenvalue weighted by molar-refractivity contribution is 5.00. The van der Waals surface area contributed by atoms with Gasteiger partial charge >= 0.3 is 0 Å². The van der Waals surface area contributed by atoms with Gasteiger partial charge in [0.1, 0.15) is 0 Å². The number of aliphatic hydroxyl groups is 1. The second kappa shape index (κ2) is 8.50. The lowest BCUT2D eigenvalue weighted by molar-refractivity contribution is 0.0565. The molecule has 0 amide bonds. The van der Waals surface area contributed by atoms with Gasteiger partial charge in [0.15, 0.2) is 0 Å². The summed E-state index contributed by atoms with van der Waals surface area (Å²) in [6, 6.07) is 1.37. The van der Waals surface area contributed by atoms with Crippen LogP contribution in [0.25, 0.3) is 0 Å². The average molecular weight is 296 g/mol. The second-order valence-corrected chi connectivity index (χ2v) is 7.35. The summed E-state index contributed by atoms with van der Waals surface area (Å²) in [5.41, 5.74) is 0.0146. The molecule has 3 nitrogen and oxygen atoms in total. The number of aliphatic hydroxyl groups excluding tert-OH is 1. The van der Waals surface area contributed by atoms with Gasteiger partial charge in [-0.15, -0.1) is 0 Å².